The Labute approximate surface area is 88.8 Å². The molecule has 1 atom stereocenters. The van der Waals surface area contributed by atoms with Crippen LogP contribution in [0.5, 0.6) is 0 Å². The Hall–Kier alpha value is -0.0800. The average molecular weight is 198 g/mol. The maximum absolute atomic E-state index is 5.86. The van der Waals surface area contributed by atoms with E-state index in [1.54, 1.807) is 0 Å². The van der Waals surface area contributed by atoms with Crippen molar-refractivity contribution in [1.29, 1.82) is 0 Å². The fraction of sp³-hybridized carbons (Fsp3) is 1.00. The summed E-state index contributed by atoms with van der Waals surface area (Å²) in [6.45, 7) is 7.68. The monoisotopic (exact) mass is 198 g/mol. The van der Waals surface area contributed by atoms with Crippen molar-refractivity contribution >= 4 is 0 Å². The highest BCUT2D eigenvalue weighted by atomic mass is 15.2. The molecule has 0 aromatic rings. The molecular formula is C12H26N2. The zero-order chi connectivity index (χ0) is 10.8. The van der Waals surface area contributed by atoms with Crippen molar-refractivity contribution in [2.45, 2.75) is 58.5 Å². The number of likely N-dealkylation sites (N-methyl/N-ethyl adjacent to an activating group) is 1. The first-order chi connectivity index (χ1) is 6.44. The molecule has 1 aliphatic rings. The quantitative estimate of drug-likeness (QED) is 0.750. The van der Waals surface area contributed by atoms with Crippen molar-refractivity contribution in [3.63, 3.8) is 0 Å². The van der Waals surface area contributed by atoms with Crippen molar-refractivity contribution in [1.82, 2.24) is 4.90 Å². The fourth-order valence-electron chi connectivity index (χ4n) is 2.19. The molecule has 0 heterocycles. The van der Waals surface area contributed by atoms with Crippen molar-refractivity contribution in [2.75, 3.05) is 13.6 Å². The Bertz CT molecular complexity index is 168. The SMILES string of the molecule is CN(C1CCC1)C(CN)CC(C)(C)C. The first-order valence-electron chi connectivity index (χ1n) is 5.86. The Morgan fingerprint density at radius 2 is 1.93 bits per heavy atom. The highest BCUT2D eigenvalue weighted by Crippen LogP contribution is 2.29. The van der Waals surface area contributed by atoms with Crippen LogP contribution in [-0.2, 0) is 0 Å². The van der Waals surface area contributed by atoms with Gasteiger partial charge in [-0.3, -0.25) is 4.90 Å². The largest absolute Gasteiger partial charge is 0.329 e. The highest BCUT2D eigenvalue weighted by Gasteiger charge is 2.29. The van der Waals surface area contributed by atoms with E-state index in [4.69, 9.17) is 5.73 Å². The third-order valence-corrected chi connectivity index (χ3v) is 3.35. The van der Waals surface area contributed by atoms with E-state index < -0.39 is 0 Å². The van der Waals surface area contributed by atoms with E-state index in [-0.39, 0.29) is 0 Å². The summed E-state index contributed by atoms with van der Waals surface area (Å²) >= 11 is 0. The molecular weight excluding hydrogens is 172 g/mol. The van der Waals surface area contributed by atoms with Gasteiger partial charge in [-0.05, 0) is 31.7 Å². The summed E-state index contributed by atoms with van der Waals surface area (Å²) in [5.41, 5.74) is 6.25. The van der Waals surface area contributed by atoms with Crippen LogP contribution in [-0.4, -0.2) is 30.6 Å². The van der Waals surface area contributed by atoms with Gasteiger partial charge in [-0.2, -0.15) is 0 Å². The van der Waals surface area contributed by atoms with Crippen LogP contribution in [0.3, 0.4) is 0 Å². The summed E-state index contributed by atoms with van der Waals surface area (Å²) in [5, 5.41) is 0. The van der Waals surface area contributed by atoms with Crippen LogP contribution < -0.4 is 5.73 Å². The summed E-state index contributed by atoms with van der Waals surface area (Å²) in [5.74, 6) is 0. The van der Waals surface area contributed by atoms with Crippen LogP contribution in [0.1, 0.15) is 46.5 Å². The summed E-state index contributed by atoms with van der Waals surface area (Å²) in [4.78, 5) is 2.51. The molecule has 2 nitrogen and oxygen atoms in total. The Kier molecular flexibility index (Phi) is 3.96. The minimum absolute atomic E-state index is 0.391. The summed E-state index contributed by atoms with van der Waals surface area (Å²) in [6, 6.07) is 1.38. The van der Waals surface area contributed by atoms with Gasteiger partial charge < -0.3 is 5.73 Å². The molecule has 84 valence electrons. The smallest absolute Gasteiger partial charge is 0.0223 e. The van der Waals surface area contributed by atoms with Gasteiger partial charge in [0, 0.05) is 18.6 Å². The predicted octanol–water partition coefficient (Wildman–Crippen LogP) is 2.23. The van der Waals surface area contributed by atoms with Gasteiger partial charge in [-0.25, -0.2) is 0 Å². The minimum Gasteiger partial charge on any atom is -0.329 e. The lowest BCUT2D eigenvalue weighted by Gasteiger charge is -2.41. The second-order valence-corrected chi connectivity index (χ2v) is 5.90. The van der Waals surface area contributed by atoms with Gasteiger partial charge in [0.05, 0.1) is 0 Å². The molecule has 0 spiro atoms. The Morgan fingerprint density at radius 3 is 2.21 bits per heavy atom. The zero-order valence-corrected chi connectivity index (χ0v) is 10.2. The van der Waals surface area contributed by atoms with Gasteiger partial charge in [0.15, 0.2) is 0 Å². The number of hydrogen-bond acceptors (Lipinski definition) is 2. The van der Waals surface area contributed by atoms with Crippen molar-refractivity contribution in [3.05, 3.63) is 0 Å². The molecule has 14 heavy (non-hydrogen) atoms. The first kappa shape index (κ1) is 12.0. The van der Waals surface area contributed by atoms with Gasteiger partial charge in [0.25, 0.3) is 0 Å². The van der Waals surface area contributed by atoms with Gasteiger partial charge >= 0.3 is 0 Å². The molecule has 1 unspecified atom stereocenters. The summed E-state index contributed by atoms with van der Waals surface area (Å²) in [7, 11) is 2.24. The second kappa shape index (κ2) is 4.63. The molecule has 2 heteroatoms. The van der Waals surface area contributed by atoms with E-state index in [0.717, 1.165) is 12.6 Å². The molecule has 0 aliphatic heterocycles. The lowest BCUT2D eigenvalue weighted by atomic mass is 9.85. The van der Waals surface area contributed by atoms with Crippen molar-refractivity contribution in [3.8, 4) is 0 Å². The highest BCUT2D eigenvalue weighted by molar-refractivity contribution is 4.85. The number of rotatable bonds is 4. The summed E-state index contributed by atoms with van der Waals surface area (Å²) < 4.78 is 0. The second-order valence-electron chi connectivity index (χ2n) is 5.90. The molecule has 0 aromatic carbocycles. The molecule has 0 radical (unpaired) electrons. The van der Waals surface area contributed by atoms with E-state index in [0.29, 0.717) is 11.5 Å². The Balaban J connectivity index is 2.43. The van der Waals surface area contributed by atoms with E-state index in [9.17, 15) is 0 Å². The van der Waals surface area contributed by atoms with Gasteiger partial charge in [0.1, 0.15) is 0 Å². The van der Waals surface area contributed by atoms with Gasteiger partial charge in [-0.15, -0.1) is 0 Å². The van der Waals surface area contributed by atoms with Gasteiger partial charge in [-0.1, -0.05) is 27.2 Å². The lowest BCUT2D eigenvalue weighted by Crippen LogP contribution is -2.48. The van der Waals surface area contributed by atoms with Crippen LogP contribution in [0.4, 0.5) is 0 Å². The van der Waals surface area contributed by atoms with Crippen LogP contribution in [0, 0.1) is 5.41 Å². The molecule has 0 bridgehead atoms. The molecule has 1 saturated carbocycles. The first-order valence-corrected chi connectivity index (χ1v) is 5.86. The number of hydrogen-bond donors (Lipinski definition) is 1. The van der Waals surface area contributed by atoms with Crippen molar-refractivity contribution in [2.24, 2.45) is 11.1 Å². The average Bonchev–Trinajstić information content (AvgIpc) is 1.94. The number of nitrogens with zero attached hydrogens (tertiary/aromatic N) is 1. The van der Waals surface area contributed by atoms with Crippen molar-refractivity contribution < 1.29 is 0 Å². The maximum atomic E-state index is 5.86. The normalized spacial score (nSPS) is 21.0. The topological polar surface area (TPSA) is 29.3 Å². The van der Waals surface area contributed by atoms with Crippen LogP contribution in [0.15, 0.2) is 0 Å². The standard InChI is InChI=1S/C12H26N2/c1-12(2,3)8-11(9-13)14(4)10-6-5-7-10/h10-11H,5-9,13H2,1-4H3. The summed E-state index contributed by atoms with van der Waals surface area (Å²) in [6.07, 6.45) is 5.35. The molecule has 1 rings (SSSR count). The van der Waals surface area contributed by atoms with E-state index in [1.165, 1.54) is 25.7 Å². The van der Waals surface area contributed by atoms with E-state index in [1.807, 2.05) is 0 Å². The third-order valence-electron chi connectivity index (χ3n) is 3.35. The lowest BCUT2D eigenvalue weighted by molar-refractivity contribution is 0.0885. The molecule has 0 aromatic heterocycles. The molecule has 1 fully saturated rings. The minimum atomic E-state index is 0.391. The fourth-order valence-corrected chi connectivity index (χ4v) is 2.19. The van der Waals surface area contributed by atoms with Crippen LogP contribution in [0.25, 0.3) is 0 Å². The zero-order valence-electron chi connectivity index (χ0n) is 10.2. The molecule has 0 amide bonds. The Morgan fingerprint density at radius 1 is 1.36 bits per heavy atom. The third kappa shape index (κ3) is 3.25. The van der Waals surface area contributed by atoms with Crippen LogP contribution >= 0.6 is 0 Å². The van der Waals surface area contributed by atoms with E-state index in [2.05, 4.69) is 32.7 Å². The van der Waals surface area contributed by atoms with Gasteiger partial charge in [0.2, 0.25) is 0 Å². The van der Waals surface area contributed by atoms with E-state index >= 15 is 0 Å². The number of nitrogens with two attached hydrogens (primary N) is 1. The molecule has 2 N–H and O–H groups in total. The molecule has 0 saturated heterocycles. The maximum Gasteiger partial charge on any atom is 0.0223 e. The molecule has 1 aliphatic carbocycles. The predicted molar refractivity (Wildman–Crippen MR) is 62.3 cm³/mol. The van der Waals surface area contributed by atoms with Crippen LogP contribution in [0.2, 0.25) is 0 Å².